The topological polar surface area (TPSA) is 84.5 Å². The molecule has 0 spiro atoms. The average Bonchev–Trinajstić information content (AvgIpc) is 2.63. The van der Waals surface area contributed by atoms with Crippen LogP contribution in [0.4, 0.5) is 0 Å². The second-order valence-electron chi connectivity index (χ2n) is 5.81. The molecule has 2 aromatic carbocycles. The summed E-state index contributed by atoms with van der Waals surface area (Å²) in [5, 5.41) is 2.96. The molecule has 0 aliphatic carbocycles. The second-order valence-corrected chi connectivity index (χ2v) is 8.33. The number of ether oxygens (including phenoxy) is 1. The zero-order chi connectivity index (χ0) is 20.0. The van der Waals surface area contributed by atoms with Gasteiger partial charge >= 0.3 is 0 Å². The number of rotatable bonds is 8. The summed E-state index contributed by atoms with van der Waals surface area (Å²) in [6.07, 6.45) is 0.606. The third-order valence-corrected chi connectivity index (χ3v) is 6.04. The SMILES string of the molecule is COc1ccc(CCNC(=O)[C@H](C)NS(=O)(=O)c2cc(Cl)ccc2Cl)cc1. The third kappa shape index (κ3) is 6.10. The molecule has 2 N–H and O–H groups in total. The first kappa shape index (κ1) is 21.5. The minimum atomic E-state index is -3.98. The van der Waals surface area contributed by atoms with Gasteiger partial charge in [-0.3, -0.25) is 4.79 Å². The molecule has 0 saturated heterocycles. The summed E-state index contributed by atoms with van der Waals surface area (Å²) in [6.45, 7) is 1.83. The fraction of sp³-hybridized carbons (Fsp3) is 0.278. The molecular formula is C18H20Cl2N2O4S. The molecule has 0 saturated carbocycles. The summed E-state index contributed by atoms with van der Waals surface area (Å²) in [6, 6.07) is 10.6. The summed E-state index contributed by atoms with van der Waals surface area (Å²) in [7, 11) is -2.39. The van der Waals surface area contributed by atoms with Crippen molar-refractivity contribution in [2.75, 3.05) is 13.7 Å². The lowest BCUT2D eigenvalue weighted by Crippen LogP contribution is -2.45. The Labute approximate surface area is 168 Å². The second kappa shape index (κ2) is 9.41. The maximum absolute atomic E-state index is 12.4. The van der Waals surface area contributed by atoms with Crippen LogP contribution >= 0.6 is 23.2 Å². The van der Waals surface area contributed by atoms with Gasteiger partial charge in [-0.25, -0.2) is 8.42 Å². The third-order valence-electron chi connectivity index (χ3n) is 3.78. The van der Waals surface area contributed by atoms with Crippen molar-refractivity contribution in [1.82, 2.24) is 10.0 Å². The van der Waals surface area contributed by atoms with E-state index in [1.807, 2.05) is 24.3 Å². The van der Waals surface area contributed by atoms with Gasteiger partial charge < -0.3 is 10.1 Å². The lowest BCUT2D eigenvalue weighted by atomic mass is 10.1. The fourth-order valence-corrected chi connectivity index (χ4v) is 4.27. The van der Waals surface area contributed by atoms with Gasteiger partial charge in [0.2, 0.25) is 15.9 Å². The Hall–Kier alpha value is -1.80. The van der Waals surface area contributed by atoms with Crippen LogP contribution in [0.5, 0.6) is 5.75 Å². The van der Waals surface area contributed by atoms with Crippen LogP contribution in [0, 0.1) is 0 Å². The van der Waals surface area contributed by atoms with Crippen molar-refractivity contribution < 1.29 is 17.9 Å². The highest BCUT2D eigenvalue weighted by Gasteiger charge is 2.24. The van der Waals surface area contributed by atoms with Gasteiger partial charge in [-0.2, -0.15) is 4.72 Å². The lowest BCUT2D eigenvalue weighted by molar-refractivity contribution is -0.122. The van der Waals surface area contributed by atoms with Gasteiger partial charge in [0, 0.05) is 11.6 Å². The molecule has 6 nitrogen and oxygen atoms in total. The van der Waals surface area contributed by atoms with E-state index in [2.05, 4.69) is 10.0 Å². The van der Waals surface area contributed by atoms with E-state index in [0.717, 1.165) is 11.3 Å². The molecule has 0 heterocycles. The van der Waals surface area contributed by atoms with E-state index in [-0.39, 0.29) is 14.9 Å². The van der Waals surface area contributed by atoms with E-state index in [4.69, 9.17) is 27.9 Å². The summed E-state index contributed by atoms with van der Waals surface area (Å²) in [5.41, 5.74) is 1.02. The van der Waals surface area contributed by atoms with Crippen molar-refractivity contribution in [3.05, 3.63) is 58.1 Å². The molecule has 0 fully saturated rings. The highest BCUT2D eigenvalue weighted by molar-refractivity contribution is 7.89. The molecule has 9 heteroatoms. The van der Waals surface area contributed by atoms with Crippen LogP contribution in [-0.2, 0) is 21.2 Å². The molecule has 146 valence electrons. The van der Waals surface area contributed by atoms with Gasteiger partial charge in [0.15, 0.2) is 0 Å². The maximum Gasteiger partial charge on any atom is 0.242 e. The normalized spacial score (nSPS) is 12.4. The molecule has 27 heavy (non-hydrogen) atoms. The molecule has 2 rings (SSSR count). The van der Waals surface area contributed by atoms with E-state index in [0.29, 0.717) is 13.0 Å². The van der Waals surface area contributed by atoms with Crippen LogP contribution in [0.3, 0.4) is 0 Å². The minimum absolute atomic E-state index is 0.0269. The number of carbonyl (C=O) groups is 1. The number of hydrogen-bond acceptors (Lipinski definition) is 4. The number of methoxy groups -OCH3 is 1. The largest absolute Gasteiger partial charge is 0.497 e. The number of carbonyl (C=O) groups excluding carboxylic acids is 1. The quantitative estimate of drug-likeness (QED) is 0.673. The van der Waals surface area contributed by atoms with Gasteiger partial charge in [0.1, 0.15) is 10.6 Å². The Balaban J connectivity index is 1.91. The van der Waals surface area contributed by atoms with Crippen LogP contribution in [0.2, 0.25) is 10.0 Å². The number of hydrogen-bond donors (Lipinski definition) is 2. The van der Waals surface area contributed by atoms with E-state index < -0.39 is 22.0 Å². The number of benzene rings is 2. The van der Waals surface area contributed by atoms with E-state index in [1.54, 1.807) is 7.11 Å². The molecule has 1 atom stereocenters. The number of nitrogens with one attached hydrogen (secondary N) is 2. The Kier molecular flexibility index (Phi) is 7.49. The molecule has 0 radical (unpaired) electrons. The molecule has 0 aliphatic heterocycles. The number of amides is 1. The zero-order valence-electron chi connectivity index (χ0n) is 14.8. The van der Waals surface area contributed by atoms with Crippen molar-refractivity contribution in [2.45, 2.75) is 24.3 Å². The number of sulfonamides is 1. The van der Waals surface area contributed by atoms with Crippen LogP contribution in [0.25, 0.3) is 0 Å². The fourth-order valence-electron chi connectivity index (χ4n) is 2.31. The molecule has 0 bridgehead atoms. The van der Waals surface area contributed by atoms with Crippen molar-refractivity contribution in [2.24, 2.45) is 0 Å². The first-order valence-corrected chi connectivity index (χ1v) is 10.3. The Bertz CT molecular complexity index is 902. The Morgan fingerprint density at radius 1 is 1.15 bits per heavy atom. The summed E-state index contributed by atoms with van der Waals surface area (Å²) < 4.78 is 32.3. The summed E-state index contributed by atoms with van der Waals surface area (Å²) in [5.74, 6) is 0.315. The molecule has 1 amide bonds. The van der Waals surface area contributed by atoms with Crippen molar-refractivity contribution in [3.63, 3.8) is 0 Å². The molecule has 0 unspecified atom stereocenters. The zero-order valence-corrected chi connectivity index (χ0v) is 17.2. The van der Waals surface area contributed by atoms with Gasteiger partial charge in [0.25, 0.3) is 0 Å². The van der Waals surface area contributed by atoms with E-state index in [9.17, 15) is 13.2 Å². The first-order chi connectivity index (χ1) is 12.7. The lowest BCUT2D eigenvalue weighted by Gasteiger charge is -2.15. The summed E-state index contributed by atoms with van der Waals surface area (Å²) >= 11 is 11.8. The molecular weight excluding hydrogens is 411 g/mol. The van der Waals surface area contributed by atoms with E-state index >= 15 is 0 Å². The predicted molar refractivity (Wildman–Crippen MR) is 106 cm³/mol. The van der Waals surface area contributed by atoms with Gasteiger partial charge in [-0.1, -0.05) is 35.3 Å². The van der Waals surface area contributed by atoms with Crippen LogP contribution in [0.15, 0.2) is 47.4 Å². The van der Waals surface area contributed by atoms with Crippen molar-refractivity contribution in [3.8, 4) is 5.75 Å². The molecule has 0 aliphatic rings. The highest BCUT2D eigenvalue weighted by Crippen LogP contribution is 2.25. The van der Waals surface area contributed by atoms with Crippen LogP contribution < -0.4 is 14.8 Å². The van der Waals surface area contributed by atoms with Crippen LogP contribution in [-0.4, -0.2) is 34.0 Å². The highest BCUT2D eigenvalue weighted by atomic mass is 35.5. The van der Waals surface area contributed by atoms with Crippen LogP contribution in [0.1, 0.15) is 12.5 Å². The smallest absolute Gasteiger partial charge is 0.242 e. The standard InChI is InChI=1S/C18H20Cl2N2O4S/c1-12(22-27(24,25)17-11-14(19)5-8-16(17)20)18(23)21-10-9-13-3-6-15(26-2)7-4-13/h3-8,11-12,22H,9-10H2,1-2H3,(H,21,23)/t12-/m0/s1. The Morgan fingerprint density at radius 3 is 2.44 bits per heavy atom. The molecule has 2 aromatic rings. The summed E-state index contributed by atoms with van der Waals surface area (Å²) in [4.78, 5) is 12.0. The number of halogens is 2. The van der Waals surface area contributed by atoms with E-state index in [1.165, 1.54) is 25.1 Å². The van der Waals surface area contributed by atoms with Gasteiger partial charge in [-0.15, -0.1) is 0 Å². The first-order valence-electron chi connectivity index (χ1n) is 8.11. The van der Waals surface area contributed by atoms with Crippen molar-refractivity contribution in [1.29, 1.82) is 0 Å². The average molecular weight is 431 g/mol. The maximum atomic E-state index is 12.4. The molecule has 0 aromatic heterocycles. The Morgan fingerprint density at radius 2 is 1.81 bits per heavy atom. The predicted octanol–water partition coefficient (Wildman–Crippen LogP) is 3.03. The minimum Gasteiger partial charge on any atom is -0.497 e. The van der Waals surface area contributed by atoms with Crippen molar-refractivity contribution >= 4 is 39.1 Å². The van der Waals surface area contributed by atoms with Gasteiger partial charge in [-0.05, 0) is 49.2 Å². The monoisotopic (exact) mass is 430 g/mol. The van der Waals surface area contributed by atoms with Gasteiger partial charge in [0.05, 0.1) is 18.2 Å².